The van der Waals surface area contributed by atoms with E-state index < -0.39 is 5.60 Å². The molecule has 32 heavy (non-hydrogen) atoms. The Morgan fingerprint density at radius 1 is 1.16 bits per heavy atom. The van der Waals surface area contributed by atoms with Gasteiger partial charge in [0, 0.05) is 28.5 Å². The average Bonchev–Trinajstić information content (AvgIpc) is 3.10. The molecule has 0 aromatic carbocycles. The van der Waals surface area contributed by atoms with E-state index in [1.54, 1.807) is 0 Å². The lowest BCUT2D eigenvalue weighted by Crippen LogP contribution is -2.46. The van der Waals surface area contributed by atoms with Crippen molar-refractivity contribution in [3.63, 3.8) is 0 Å². The number of aromatic nitrogens is 1. The van der Waals surface area contributed by atoms with E-state index in [2.05, 4.69) is 56.6 Å². The molecule has 2 aliphatic rings. The number of carbonyl (C=O) groups excluding carboxylic acids is 1. The lowest BCUT2D eigenvalue weighted by molar-refractivity contribution is -0.000687. The number of halogens is 1. The highest BCUT2D eigenvalue weighted by Crippen LogP contribution is 2.47. The number of thiophene rings is 1. The number of aryl methyl sites for hydroxylation is 1. The van der Waals surface area contributed by atoms with E-state index >= 15 is 0 Å². The summed E-state index contributed by atoms with van der Waals surface area (Å²) in [4.78, 5) is 17.6. The van der Waals surface area contributed by atoms with E-state index in [0.29, 0.717) is 6.54 Å². The van der Waals surface area contributed by atoms with Crippen molar-refractivity contribution in [2.75, 3.05) is 6.54 Å². The van der Waals surface area contributed by atoms with E-state index in [4.69, 9.17) is 16.3 Å². The number of hydrogen-bond donors (Lipinski definition) is 0. The second kappa shape index (κ2) is 8.11. The Morgan fingerprint density at radius 2 is 1.88 bits per heavy atom. The largest absolute Gasteiger partial charge is 0.444 e. The van der Waals surface area contributed by atoms with Crippen molar-refractivity contribution in [1.82, 2.24) is 9.47 Å². The maximum atomic E-state index is 13.1. The summed E-state index contributed by atoms with van der Waals surface area (Å²) in [5.41, 5.74) is 4.06. The molecule has 0 N–H and O–H groups in total. The summed E-state index contributed by atoms with van der Waals surface area (Å²) in [6.45, 7) is 15.9. The molecule has 2 aromatic rings. The van der Waals surface area contributed by atoms with Gasteiger partial charge in [0.25, 0.3) is 0 Å². The topological polar surface area (TPSA) is 34.5 Å². The van der Waals surface area contributed by atoms with Crippen LogP contribution in [-0.4, -0.2) is 27.7 Å². The lowest BCUT2D eigenvalue weighted by Gasteiger charge is -2.43. The Morgan fingerprint density at radius 3 is 2.53 bits per heavy atom. The monoisotopic (exact) mass is 472 g/mol. The summed E-state index contributed by atoms with van der Waals surface area (Å²) in [5, 5.41) is 0.791. The van der Waals surface area contributed by atoms with Gasteiger partial charge in [-0.2, -0.15) is 0 Å². The van der Waals surface area contributed by atoms with Crippen LogP contribution in [0.5, 0.6) is 0 Å². The summed E-state index contributed by atoms with van der Waals surface area (Å²) < 4.78 is 8.00. The standard InChI is InChI=1S/C26H33ClN2O2S/c1-16-14-19(27)20-9-8-17(10-12-28(16)20)22-15-18-21(32-22)11-13-29(23(18)25(2,3)4)24(30)31-26(5,6)7/h8-10,14-15,23H,11-13H2,1-7H3. The number of amides is 1. The minimum Gasteiger partial charge on any atom is -0.444 e. The first-order valence-corrected chi connectivity index (χ1v) is 12.4. The van der Waals surface area contributed by atoms with Crippen LogP contribution < -0.4 is 0 Å². The average molecular weight is 473 g/mol. The zero-order valence-electron chi connectivity index (χ0n) is 20.1. The van der Waals surface area contributed by atoms with Crippen molar-refractivity contribution in [1.29, 1.82) is 0 Å². The first-order chi connectivity index (χ1) is 14.8. The number of carbonyl (C=O) groups is 1. The molecular weight excluding hydrogens is 440 g/mol. The summed E-state index contributed by atoms with van der Waals surface area (Å²) in [6, 6.07) is 4.29. The van der Waals surface area contributed by atoms with E-state index in [-0.39, 0.29) is 17.6 Å². The van der Waals surface area contributed by atoms with Crippen molar-refractivity contribution in [3.8, 4) is 0 Å². The molecule has 4 nitrogen and oxygen atoms in total. The van der Waals surface area contributed by atoms with Gasteiger partial charge in [0.15, 0.2) is 0 Å². The van der Waals surface area contributed by atoms with Crippen LogP contribution in [0.2, 0.25) is 5.02 Å². The molecule has 0 saturated heterocycles. The van der Waals surface area contributed by atoms with Crippen LogP contribution in [0.3, 0.4) is 0 Å². The third kappa shape index (κ3) is 4.42. The molecule has 0 saturated carbocycles. The van der Waals surface area contributed by atoms with Gasteiger partial charge in [-0.1, -0.05) is 44.5 Å². The minimum absolute atomic E-state index is 0.0214. The zero-order valence-corrected chi connectivity index (χ0v) is 21.7. The molecule has 0 aliphatic carbocycles. The van der Waals surface area contributed by atoms with Crippen LogP contribution in [0, 0.1) is 12.3 Å². The zero-order chi connectivity index (χ0) is 23.4. The van der Waals surface area contributed by atoms with Crippen molar-refractivity contribution in [3.05, 3.63) is 56.0 Å². The van der Waals surface area contributed by atoms with Crippen molar-refractivity contribution < 1.29 is 9.53 Å². The third-order valence-corrected chi connectivity index (χ3v) is 7.53. The van der Waals surface area contributed by atoms with E-state index in [1.165, 1.54) is 26.6 Å². The van der Waals surface area contributed by atoms with Gasteiger partial charge in [-0.15, -0.1) is 11.3 Å². The van der Waals surface area contributed by atoms with E-state index in [0.717, 1.165) is 23.7 Å². The van der Waals surface area contributed by atoms with E-state index in [1.807, 2.05) is 43.1 Å². The highest BCUT2D eigenvalue weighted by atomic mass is 35.5. The molecule has 0 spiro atoms. The fourth-order valence-corrected chi connectivity index (χ4v) is 6.18. The molecule has 1 unspecified atom stereocenters. The quantitative estimate of drug-likeness (QED) is 0.430. The van der Waals surface area contributed by atoms with Crippen LogP contribution in [0.4, 0.5) is 4.79 Å². The smallest absolute Gasteiger partial charge is 0.410 e. The summed E-state index contributed by atoms with van der Waals surface area (Å²) >= 11 is 8.28. The van der Waals surface area contributed by atoms with Crippen LogP contribution in [0.25, 0.3) is 11.6 Å². The molecule has 4 rings (SSSR count). The molecule has 2 aromatic heterocycles. The highest BCUT2D eigenvalue weighted by molar-refractivity contribution is 7.13. The molecule has 2 aliphatic heterocycles. The van der Waals surface area contributed by atoms with Crippen LogP contribution in [0.1, 0.15) is 74.3 Å². The maximum Gasteiger partial charge on any atom is 0.410 e. The van der Waals surface area contributed by atoms with Crippen molar-refractivity contribution in [2.45, 2.75) is 73.1 Å². The normalized spacial score (nSPS) is 18.7. The number of fused-ring (bicyclic) bond motifs is 2. The van der Waals surface area contributed by atoms with Gasteiger partial charge in [-0.3, -0.25) is 0 Å². The van der Waals surface area contributed by atoms with Gasteiger partial charge in [0.2, 0.25) is 0 Å². The maximum absolute atomic E-state index is 13.1. The molecule has 1 amide bonds. The molecule has 0 radical (unpaired) electrons. The fraction of sp³-hybridized carbons (Fsp3) is 0.500. The minimum atomic E-state index is -0.508. The summed E-state index contributed by atoms with van der Waals surface area (Å²) in [6.07, 6.45) is 7.17. The number of hydrogen-bond acceptors (Lipinski definition) is 3. The van der Waals surface area contributed by atoms with Crippen LogP contribution in [-0.2, 0) is 17.7 Å². The first kappa shape index (κ1) is 23.2. The predicted octanol–water partition coefficient (Wildman–Crippen LogP) is 7.50. The Bertz CT molecular complexity index is 1110. The van der Waals surface area contributed by atoms with E-state index in [9.17, 15) is 4.79 Å². The Kier molecular flexibility index (Phi) is 5.87. The van der Waals surface area contributed by atoms with Gasteiger partial charge in [-0.25, -0.2) is 4.79 Å². The molecule has 0 bridgehead atoms. The second-order valence-corrected chi connectivity index (χ2v) is 12.3. The Labute approximate surface area is 200 Å². The van der Waals surface area contributed by atoms with Gasteiger partial charge < -0.3 is 14.2 Å². The number of rotatable bonds is 1. The molecule has 1 atom stereocenters. The van der Waals surface area contributed by atoms with Gasteiger partial charge in [0.1, 0.15) is 5.60 Å². The van der Waals surface area contributed by atoms with Crippen LogP contribution in [0.15, 0.2) is 24.3 Å². The summed E-state index contributed by atoms with van der Waals surface area (Å²) in [7, 11) is 0. The molecule has 6 heteroatoms. The van der Waals surface area contributed by atoms with Gasteiger partial charge in [-0.05, 0) is 68.9 Å². The third-order valence-electron chi connectivity index (χ3n) is 5.97. The highest BCUT2D eigenvalue weighted by Gasteiger charge is 2.41. The van der Waals surface area contributed by atoms with Gasteiger partial charge >= 0.3 is 6.09 Å². The first-order valence-electron chi connectivity index (χ1n) is 11.2. The Hall–Kier alpha value is -1.98. The van der Waals surface area contributed by atoms with Crippen LogP contribution >= 0.6 is 22.9 Å². The van der Waals surface area contributed by atoms with Crippen molar-refractivity contribution in [2.24, 2.45) is 5.41 Å². The molecule has 4 heterocycles. The predicted molar refractivity (Wildman–Crippen MR) is 134 cm³/mol. The van der Waals surface area contributed by atoms with Gasteiger partial charge in [0.05, 0.1) is 16.8 Å². The number of nitrogens with zero attached hydrogens (tertiary/aromatic N) is 2. The van der Waals surface area contributed by atoms with Crippen molar-refractivity contribution >= 4 is 40.7 Å². The lowest BCUT2D eigenvalue weighted by atomic mass is 9.79. The molecule has 172 valence electrons. The number of allylic oxidation sites excluding steroid dienone is 3. The summed E-state index contributed by atoms with van der Waals surface area (Å²) in [5.74, 6) is 0. The molecule has 0 fully saturated rings. The SMILES string of the molecule is Cc1cc(Cl)c2n1CC=C(c1cc3c(s1)CCN(C(=O)OC(C)(C)C)C3C(C)(C)C)C=C2. The number of ether oxygens (including phenoxy) is 1. The fourth-order valence-electron chi connectivity index (χ4n) is 4.66. The molecular formula is C26H33ClN2O2S. The Balaban J connectivity index is 1.68. The second-order valence-electron chi connectivity index (χ2n) is 10.8.